The fourth-order valence-corrected chi connectivity index (χ4v) is 1.33. The van der Waals surface area contributed by atoms with Crippen LogP contribution in [-0.2, 0) is 9.59 Å². The van der Waals surface area contributed by atoms with Crippen LogP contribution in [0, 0.1) is 15.9 Å². The van der Waals surface area contributed by atoms with Crippen LogP contribution in [0.4, 0.5) is 15.8 Å². The average Bonchev–Trinajstić information content (AvgIpc) is 2.31. The molecule has 1 aromatic rings. The molecular formula is C11H11FN2O5. The number of carbonyl (C=O) groups excluding carboxylic acids is 1. The Morgan fingerprint density at radius 2 is 2.05 bits per heavy atom. The van der Waals surface area contributed by atoms with Crippen molar-refractivity contribution in [3.8, 4) is 0 Å². The molecule has 1 rings (SSSR count). The van der Waals surface area contributed by atoms with Crippen LogP contribution in [0.25, 0.3) is 0 Å². The van der Waals surface area contributed by atoms with Crippen molar-refractivity contribution in [3.05, 3.63) is 34.1 Å². The number of carboxylic acid groups (broad SMARTS) is 1. The van der Waals surface area contributed by atoms with Gasteiger partial charge >= 0.3 is 5.97 Å². The summed E-state index contributed by atoms with van der Waals surface area (Å²) in [6.07, 6.45) is -0.0886. The van der Waals surface area contributed by atoms with Gasteiger partial charge in [0.15, 0.2) is 5.82 Å². The van der Waals surface area contributed by atoms with Gasteiger partial charge in [-0.25, -0.2) is 4.39 Å². The van der Waals surface area contributed by atoms with Gasteiger partial charge in [0.1, 0.15) is 0 Å². The molecule has 2 N–H and O–H groups in total. The summed E-state index contributed by atoms with van der Waals surface area (Å²) in [5.41, 5.74) is -0.590. The van der Waals surface area contributed by atoms with Gasteiger partial charge in [0.25, 0.3) is 5.69 Å². The molecule has 0 saturated carbocycles. The number of anilines is 1. The van der Waals surface area contributed by atoms with Gasteiger partial charge in [0.2, 0.25) is 5.91 Å². The number of amides is 1. The van der Waals surface area contributed by atoms with E-state index < -0.39 is 28.3 Å². The predicted molar refractivity (Wildman–Crippen MR) is 63.2 cm³/mol. The summed E-state index contributed by atoms with van der Waals surface area (Å²) in [6, 6.07) is 2.85. The maximum Gasteiger partial charge on any atom is 0.303 e. The zero-order valence-electron chi connectivity index (χ0n) is 9.76. The molecule has 0 bridgehead atoms. The van der Waals surface area contributed by atoms with Gasteiger partial charge in [0.05, 0.1) is 16.7 Å². The average molecular weight is 270 g/mol. The topological polar surface area (TPSA) is 110 Å². The number of non-ortho nitro benzene ring substituents is 1. The van der Waals surface area contributed by atoms with Gasteiger partial charge in [-0.2, -0.15) is 0 Å². The first-order valence-corrected chi connectivity index (χ1v) is 5.35. The first kappa shape index (κ1) is 14.6. The number of carboxylic acids is 1. The summed E-state index contributed by atoms with van der Waals surface area (Å²) in [6.45, 7) is 0. The summed E-state index contributed by atoms with van der Waals surface area (Å²) >= 11 is 0. The number of nitrogens with one attached hydrogen (secondary N) is 1. The lowest BCUT2D eigenvalue weighted by atomic mass is 10.2. The van der Waals surface area contributed by atoms with Crippen molar-refractivity contribution in [2.24, 2.45) is 0 Å². The molecule has 0 atom stereocenters. The molecule has 0 unspecified atom stereocenters. The molecular weight excluding hydrogens is 259 g/mol. The van der Waals surface area contributed by atoms with Crippen molar-refractivity contribution in [2.75, 3.05) is 5.32 Å². The van der Waals surface area contributed by atoms with Gasteiger partial charge in [-0.3, -0.25) is 19.7 Å². The van der Waals surface area contributed by atoms with Crippen LogP contribution in [0.2, 0.25) is 0 Å². The maximum atomic E-state index is 13.4. The zero-order valence-corrected chi connectivity index (χ0v) is 9.76. The number of nitro benzene ring substituents is 1. The molecule has 0 heterocycles. The quantitative estimate of drug-likeness (QED) is 0.606. The lowest BCUT2D eigenvalue weighted by molar-refractivity contribution is -0.385. The fourth-order valence-electron chi connectivity index (χ4n) is 1.33. The number of halogens is 1. The van der Waals surface area contributed by atoms with E-state index >= 15 is 0 Å². The van der Waals surface area contributed by atoms with Crippen molar-refractivity contribution in [3.63, 3.8) is 0 Å². The molecule has 1 aromatic carbocycles. The molecule has 0 aliphatic rings. The second-order valence-electron chi connectivity index (χ2n) is 3.72. The molecule has 102 valence electrons. The van der Waals surface area contributed by atoms with E-state index in [2.05, 4.69) is 5.32 Å². The summed E-state index contributed by atoms with van der Waals surface area (Å²) in [5.74, 6) is -2.48. The molecule has 1 amide bonds. The minimum Gasteiger partial charge on any atom is -0.481 e. The number of nitrogens with zero attached hydrogens (tertiary/aromatic N) is 1. The molecule has 0 aliphatic carbocycles. The summed E-state index contributed by atoms with van der Waals surface area (Å²) < 4.78 is 13.4. The van der Waals surface area contributed by atoms with E-state index in [9.17, 15) is 24.1 Å². The molecule has 8 heteroatoms. The van der Waals surface area contributed by atoms with Crippen molar-refractivity contribution in [2.45, 2.75) is 19.3 Å². The van der Waals surface area contributed by atoms with E-state index in [1.54, 1.807) is 0 Å². The first-order chi connectivity index (χ1) is 8.90. The molecule has 0 aliphatic heterocycles. The Labute approximate surface area is 107 Å². The van der Waals surface area contributed by atoms with E-state index in [4.69, 9.17) is 5.11 Å². The number of aliphatic carboxylic acids is 1. The summed E-state index contributed by atoms with van der Waals surface area (Å²) in [7, 11) is 0. The van der Waals surface area contributed by atoms with Crippen LogP contribution in [0.3, 0.4) is 0 Å². The van der Waals surface area contributed by atoms with Crippen molar-refractivity contribution < 1.29 is 24.0 Å². The second kappa shape index (κ2) is 6.43. The standard InChI is InChI=1S/C11H11FN2O5/c12-8-6-7(14(18)19)4-5-9(8)13-10(15)2-1-3-11(16)17/h4-6H,1-3H2,(H,13,15)(H,16,17). The Morgan fingerprint density at radius 1 is 1.37 bits per heavy atom. The van der Waals surface area contributed by atoms with Crippen molar-refractivity contribution in [1.82, 2.24) is 0 Å². The van der Waals surface area contributed by atoms with Gasteiger partial charge in [0, 0.05) is 18.9 Å². The molecule has 0 radical (unpaired) electrons. The Bertz CT molecular complexity index is 518. The SMILES string of the molecule is O=C(O)CCCC(=O)Nc1ccc([N+](=O)[O-])cc1F. The number of rotatable bonds is 6. The lowest BCUT2D eigenvalue weighted by Crippen LogP contribution is -2.13. The highest BCUT2D eigenvalue weighted by Crippen LogP contribution is 2.20. The minimum absolute atomic E-state index is 0.0667. The fraction of sp³-hybridized carbons (Fsp3) is 0.273. The first-order valence-electron chi connectivity index (χ1n) is 5.35. The second-order valence-corrected chi connectivity index (χ2v) is 3.72. The smallest absolute Gasteiger partial charge is 0.303 e. The van der Waals surface area contributed by atoms with Crippen molar-refractivity contribution >= 4 is 23.3 Å². The third-order valence-electron chi connectivity index (χ3n) is 2.23. The summed E-state index contributed by atoms with van der Waals surface area (Å²) in [4.78, 5) is 31.2. The number of hydrogen-bond acceptors (Lipinski definition) is 4. The number of carbonyl (C=O) groups is 2. The highest BCUT2D eigenvalue weighted by atomic mass is 19.1. The highest BCUT2D eigenvalue weighted by Gasteiger charge is 2.12. The highest BCUT2D eigenvalue weighted by molar-refractivity contribution is 5.91. The third kappa shape index (κ3) is 4.70. The monoisotopic (exact) mass is 270 g/mol. The zero-order chi connectivity index (χ0) is 14.4. The molecule has 0 fully saturated rings. The van der Waals surface area contributed by atoms with E-state index in [-0.39, 0.29) is 24.9 Å². The molecule has 19 heavy (non-hydrogen) atoms. The Kier molecular flexibility index (Phi) is 4.92. The maximum absolute atomic E-state index is 13.4. The van der Waals surface area contributed by atoms with Gasteiger partial charge < -0.3 is 10.4 Å². The van der Waals surface area contributed by atoms with Crippen LogP contribution >= 0.6 is 0 Å². The third-order valence-corrected chi connectivity index (χ3v) is 2.23. The van der Waals surface area contributed by atoms with Gasteiger partial charge in [-0.05, 0) is 12.5 Å². The van der Waals surface area contributed by atoms with Crippen LogP contribution in [0.15, 0.2) is 18.2 Å². The molecule has 0 spiro atoms. The minimum atomic E-state index is -1.02. The summed E-state index contributed by atoms with van der Waals surface area (Å²) in [5, 5.41) is 21.0. The normalized spacial score (nSPS) is 9.95. The molecule has 0 aromatic heterocycles. The van der Waals surface area contributed by atoms with E-state index in [1.807, 2.05) is 0 Å². The van der Waals surface area contributed by atoms with Crippen LogP contribution < -0.4 is 5.32 Å². The van der Waals surface area contributed by atoms with Gasteiger partial charge in [-0.15, -0.1) is 0 Å². The predicted octanol–water partition coefficient (Wildman–Crippen LogP) is 1.93. The number of benzene rings is 1. The van der Waals surface area contributed by atoms with E-state index in [1.165, 1.54) is 0 Å². The lowest BCUT2D eigenvalue weighted by Gasteiger charge is -2.05. The molecule has 0 saturated heterocycles. The largest absolute Gasteiger partial charge is 0.481 e. The Hall–Kier alpha value is -2.51. The molecule has 7 nitrogen and oxygen atoms in total. The number of nitro groups is 1. The van der Waals surface area contributed by atoms with Crippen LogP contribution in [0.1, 0.15) is 19.3 Å². The van der Waals surface area contributed by atoms with Crippen molar-refractivity contribution in [1.29, 1.82) is 0 Å². The van der Waals surface area contributed by atoms with Gasteiger partial charge in [-0.1, -0.05) is 0 Å². The Morgan fingerprint density at radius 3 is 2.58 bits per heavy atom. The number of hydrogen-bond donors (Lipinski definition) is 2. The van der Waals surface area contributed by atoms with E-state index in [0.29, 0.717) is 6.07 Å². The van der Waals surface area contributed by atoms with E-state index in [0.717, 1.165) is 12.1 Å². The Balaban J connectivity index is 2.59. The van der Waals surface area contributed by atoms with Crippen LogP contribution in [-0.4, -0.2) is 21.9 Å². The van der Waals surface area contributed by atoms with Crippen LogP contribution in [0.5, 0.6) is 0 Å².